The molecule has 1 aromatic carbocycles. The van der Waals surface area contributed by atoms with Gasteiger partial charge in [0.25, 0.3) is 0 Å². The van der Waals surface area contributed by atoms with Crippen molar-refractivity contribution in [1.82, 2.24) is 10.2 Å². The molecule has 0 saturated carbocycles. The molecule has 0 spiro atoms. The van der Waals surface area contributed by atoms with Crippen molar-refractivity contribution in [1.29, 1.82) is 0 Å². The van der Waals surface area contributed by atoms with Gasteiger partial charge in [0.1, 0.15) is 0 Å². The fraction of sp³-hybridized carbons (Fsp3) is 0.533. The molecule has 20 heavy (non-hydrogen) atoms. The van der Waals surface area contributed by atoms with Gasteiger partial charge in [0.15, 0.2) is 0 Å². The molecule has 1 atom stereocenters. The van der Waals surface area contributed by atoms with Gasteiger partial charge >= 0.3 is 0 Å². The average molecular weight is 311 g/mol. The van der Waals surface area contributed by atoms with E-state index >= 15 is 0 Å². The highest BCUT2D eigenvalue weighted by Crippen LogP contribution is 2.32. The molecule has 1 N–H and O–H groups in total. The van der Waals surface area contributed by atoms with Gasteiger partial charge in [-0.2, -0.15) is 0 Å². The number of amides is 1. The van der Waals surface area contributed by atoms with E-state index in [4.69, 9.17) is 11.6 Å². The molecule has 0 bridgehead atoms. The lowest BCUT2D eigenvalue weighted by atomic mass is 10.1. The number of halogens is 1. The van der Waals surface area contributed by atoms with E-state index in [0.29, 0.717) is 5.25 Å². The molecule has 0 aromatic heterocycles. The van der Waals surface area contributed by atoms with E-state index in [1.807, 2.05) is 23.9 Å². The van der Waals surface area contributed by atoms with Gasteiger partial charge in [-0.3, -0.25) is 9.69 Å². The van der Waals surface area contributed by atoms with Gasteiger partial charge in [-0.25, -0.2) is 0 Å². The first kappa shape index (κ1) is 14.2. The largest absolute Gasteiger partial charge is 0.355 e. The Balaban J connectivity index is 1.51. The Morgan fingerprint density at radius 2 is 1.85 bits per heavy atom. The van der Waals surface area contributed by atoms with Crippen LogP contribution in [0.2, 0.25) is 5.02 Å². The maximum absolute atomic E-state index is 11.7. The number of nitrogens with zero attached hydrogens (tertiary/aromatic N) is 1. The predicted molar refractivity (Wildman–Crippen MR) is 83.3 cm³/mol. The highest BCUT2D eigenvalue weighted by atomic mass is 35.5. The van der Waals surface area contributed by atoms with Gasteiger partial charge < -0.3 is 5.32 Å². The van der Waals surface area contributed by atoms with Crippen molar-refractivity contribution >= 4 is 29.3 Å². The van der Waals surface area contributed by atoms with Gasteiger partial charge in [0, 0.05) is 21.7 Å². The zero-order valence-electron chi connectivity index (χ0n) is 11.3. The van der Waals surface area contributed by atoms with Crippen molar-refractivity contribution in [3.63, 3.8) is 0 Å². The Hall–Kier alpha value is -0.710. The summed E-state index contributed by atoms with van der Waals surface area (Å²) in [5.74, 6) is 0.216. The number of thioether (sulfide) groups is 1. The van der Waals surface area contributed by atoms with Crippen molar-refractivity contribution in [2.45, 2.75) is 35.4 Å². The number of hydrogen-bond donors (Lipinski definition) is 1. The number of hydrogen-bond acceptors (Lipinski definition) is 3. The molecule has 2 heterocycles. The summed E-state index contributed by atoms with van der Waals surface area (Å²) < 4.78 is 0. The van der Waals surface area contributed by atoms with Gasteiger partial charge in [-0.1, -0.05) is 11.6 Å². The Bertz CT molecular complexity index is 471. The first-order valence-electron chi connectivity index (χ1n) is 7.16. The van der Waals surface area contributed by atoms with Crippen LogP contribution in [0.3, 0.4) is 0 Å². The summed E-state index contributed by atoms with van der Waals surface area (Å²) in [6.07, 6.45) is 3.27. The molecule has 0 radical (unpaired) electrons. The normalized spacial score (nSPS) is 24.9. The fourth-order valence-corrected chi connectivity index (χ4v) is 4.19. The average Bonchev–Trinajstić information content (AvgIpc) is 2.89. The number of carbonyl (C=O) groups excluding carboxylic acids is 1. The molecule has 2 aliphatic rings. The summed E-state index contributed by atoms with van der Waals surface area (Å²) in [5, 5.41) is 4.36. The Morgan fingerprint density at radius 1 is 1.15 bits per heavy atom. The van der Waals surface area contributed by atoms with Crippen molar-refractivity contribution in [3.05, 3.63) is 29.3 Å². The third-order valence-corrected chi connectivity index (χ3v) is 5.65. The van der Waals surface area contributed by atoms with Crippen LogP contribution in [-0.2, 0) is 4.79 Å². The van der Waals surface area contributed by atoms with E-state index in [0.717, 1.165) is 43.9 Å². The first-order chi connectivity index (χ1) is 9.72. The molecule has 5 heteroatoms. The van der Waals surface area contributed by atoms with E-state index in [9.17, 15) is 4.79 Å². The lowest BCUT2D eigenvalue weighted by molar-refractivity contribution is -0.124. The molecule has 1 amide bonds. The molecule has 2 aliphatic heterocycles. The highest BCUT2D eigenvalue weighted by Gasteiger charge is 2.32. The minimum atomic E-state index is 0.122. The summed E-state index contributed by atoms with van der Waals surface area (Å²) in [6.45, 7) is 2.90. The van der Waals surface area contributed by atoms with Crippen LogP contribution in [0.4, 0.5) is 0 Å². The van der Waals surface area contributed by atoms with Crippen LogP contribution >= 0.6 is 23.4 Å². The summed E-state index contributed by atoms with van der Waals surface area (Å²) in [7, 11) is 0. The third kappa shape index (κ3) is 3.30. The van der Waals surface area contributed by atoms with Crippen molar-refractivity contribution < 1.29 is 4.79 Å². The second-order valence-corrected chi connectivity index (χ2v) is 7.21. The van der Waals surface area contributed by atoms with Gasteiger partial charge in [0.05, 0.1) is 6.04 Å². The second-order valence-electron chi connectivity index (χ2n) is 5.40. The number of rotatable bonds is 3. The van der Waals surface area contributed by atoms with Crippen LogP contribution in [0.5, 0.6) is 0 Å². The lowest BCUT2D eigenvalue weighted by Crippen LogP contribution is -2.45. The third-order valence-electron chi connectivity index (χ3n) is 4.05. The monoisotopic (exact) mass is 310 g/mol. The zero-order chi connectivity index (χ0) is 13.9. The van der Waals surface area contributed by atoms with E-state index in [-0.39, 0.29) is 11.9 Å². The first-order valence-corrected chi connectivity index (χ1v) is 8.42. The number of likely N-dealkylation sites (tertiary alicyclic amines) is 1. The van der Waals surface area contributed by atoms with Crippen molar-refractivity contribution in [3.8, 4) is 0 Å². The summed E-state index contributed by atoms with van der Waals surface area (Å²) in [4.78, 5) is 15.3. The maximum Gasteiger partial charge on any atom is 0.237 e. The highest BCUT2D eigenvalue weighted by molar-refractivity contribution is 8.00. The number of carbonyl (C=O) groups is 1. The molecule has 0 unspecified atom stereocenters. The Labute approximate surface area is 129 Å². The topological polar surface area (TPSA) is 32.3 Å². The van der Waals surface area contributed by atoms with Crippen LogP contribution in [-0.4, -0.2) is 41.7 Å². The SMILES string of the molecule is O=C1NCC[C@@H]1N1CCC(Sc2ccc(Cl)cc2)CC1. The van der Waals surface area contributed by atoms with Gasteiger partial charge in [0.2, 0.25) is 5.91 Å². The molecular weight excluding hydrogens is 292 g/mol. The molecule has 2 saturated heterocycles. The van der Waals surface area contributed by atoms with Crippen LogP contribution < -0.4 is 5.32 Å². The molecule has 2 fully saturated rings. The van der Waals surface area contributed by atoms with E-state index < -0.39 is 0 Å². The quantitative estimate of drug-likeness (QED) is 0.932. The Morgan fingerprint density at radius 3 is 2.45 bits per heavy atom. The van der Waals surface area contributed by atoms with E-state index in [1.54, 1.807) is 0 Å². The number of piperidine rings is 1. The minimum Gasteiger partial charge on any atom is -0.355 e. The summed E-state index contributed by atoms with van der Waals surface area (Å²) >= 11 is 7.84. The fourth-order valence-electron chi connectivity index (χ4n) is 2.94. The van der Waals surface area contributed by atoms with Gasteiger partial charge in [-0.15, -0.1) is 11.8 Å². The second kappa shape index (κ2) is 6.37. The molecule has 3 rings (SSSR count). The standard InChI is InChI=1S/C15H19ClN2OS/c16-11-1-3-12(4-2-11)20-13-6-9-18(10-7-13)14-5-8-17-15(14)19/h1-4,13-14H,5-10H2,(H,17,19)/t14-/m0/s1. The summed E-state index contributed by atoms with van der Waals surface area (Å²) in [6, 6.07) is 8.19. The summed E-state index contributed by atoms with van der Waals surface area (Å²) in [5.41, 5.74) is 0. The van der Waals surface area contributed by atoms with E-state index in [1.165, 1.54) is 4.90 Å². The predicted octanol–water partition coefficient (Wildman–Crippen LogP) is 2.79. The van der Waals surface area contributed by atoms with Crippen LogP contribution in [0.15, 0.2) is 29.2 Å². The zero-order valence-corrected chi connectivity index (χ0v) is 12.9. The Kier molecular flexibility index (Phi) is 4.54. The number of benzene rings is 1. The molecule has 0 aliphatic carbocycles. The van der Waals surface area contributed by atoms with Gasteiger partial charge in [-0.05, 0) is 56.6 Å². The number of nitrogens with one attached hydrogen (secondary N) is 1. The lowest BCUT2D eigenvalue weighted by Gasteiger charge is -2.34. The van der Waals surface area contributed by atoms with Crippen LogP contribution in [0.25, 0.3) is 0 Å². The van der Waals surface area contributed by atoms with Crippen molar-refractivity contribution in [2.75, 3.05) is 19.6 Å². The molecule has 108 valence electrons. The molecule has 3 nitrogen and oxygen atoms in total. The smallest absolute Gasteiger partial charge is 0.237 e. The maximum atomic E-state index is 11.7. The van der Waals surface area contributed by atoms with Crippen molar-refractivity contribution in [2.24, 2.45) is 0 Å². The van der Waals surface area contributed by atoms with Crippen LogP contribution in [0, 0.1) is 0 Å². The van der Waals surface area contributed by atoms with E-state index in [2.05, 4.69) is 22.3 Å². The minimum absolute atomic E-state index is 0.122. The van der Waals surface area contributed by atoms with Crippen LogP contribution in [0.1, 0.15) is 19.3 Å². The molecule has 1 aromatic rings. The molecular formula is C15H19ClN2OS.